The van der Waals surface area contributed by atoms with Crippen LogP contribution in [0.2, 0.25) is 0 Å². The summed E-state index contributed by atoms with van der Waals surface area (Å²) in [5.41, 5.74) is 1.69. The van der Waals surface area contributed by atoms with Crippen molar-refractivity contribution in [2.75, 3.05) is 30.5 Å². The summed E-state index contributed by atoms with van der Waals surface area (Å²) in [7, 11) is 0. The molecule has 0 fully saturated rings. The molecule has 0 aromatic heterocycles. The van der Waals surface area contributed by atoms with Crippen molar-refractivity contribution in [3.05, 3.63) is 59.7 Å². The first kappa shape index (κ1) is 29.0. The molecule has 2 N–H and O–H groups in total. The molecule has 0 aliphatic heterocycles. The van der Waals surface area contributed by atoms with Crippen molar-refractivity contribution in [1.29, 1.82) is 0 Å². The molecule has 2 aromatic carbocycles. The molecule has 0 atom stereocenters. The van der Waals surface area contributed by atoms with Gasteiger partial charge in [0.2, 0.25) is 5.91 Å². The van der Waals surface area contributed by atoms with Crippen molar-refractivity contribution in [3.8, 4) is 0 Å². The Labute approximate surface area is 215 Å². The summed E-state index contributed by atoms with van der Waals surface area (Å²) in [5.74, 6) is -2.10. The molecule has 198 valence electrons. The number of hydrogen-bond acceptors (Lipinski definition) is 8. The molecule has 0 unspecified atom stereocenters. The van der Waals surface area contributed by atoms with E-state index in [0.717, 1.165) is 0 Å². The Morgan fingerprint density at radius 1 is 0.703 bits per heavy atom. The number of hydrogen-bond donors (Lipinski definition) is 2. The van der Waals surface area contributed by atoms with Crippen molar-refractivity contribution in [3.63, 3.8) is 0 Å². The molecule has 0 aliphatic carbocycles. The minimum atomic E-state index is -0.606. The summed E-state index contributed by atoms with van der Waals surface area (Å²) in [6.07, 6.45) is 0.282. The van der Waals surface area contributed by atoms with E-state index < -0.39 is 30.4 Å². The summed E-state index contributed by atoms with van der Waals surface area (Å²) < 4.78 is 15.0. The highest BCUT2D eigenvalue weighted by Crippen LogP contribution is 2.13. The molecule has 2 amide bonds. The maximum absolute atomic E-state index is 12.1. The maximum Gasteiger partial charge on any atom is 0.338 e. The summed E-state index contributed by atoms with van der Waals surface area (Å²) in [5, 5.41) is 5.25. The Bertz CT molecular complexity index is 1080. The number of esters is 3. The SMILES string of the molecule is CCOC(=O)c1ccc(NC(=O)CCCC(=O)OCC(=O)Nc2ccc(C(=O)OCC(C)C)cc2)cc1. The smallest absolute Gasteiger partial charge is 0.338 e. The zero-order valence-corrected chi connectivity index (χ0v) is 21.2. The van der Waals surface area contributed by atoms with Gasteiger partial charge in [0.05, 0.1) is 24.3 Å². The molecule has 0 radical (unpaired) electrons. The molecule has 0 saturated heterocycles. The van der Waals surface area contributed by atoms with Gasteiger partial charge in [-0.15, -0.1) is 0 Å². The number of carbonyl (C=O) groups is 5. The molecule has 37 heavy (non-hydrogen) atoms. The highest BCUT2D eigenvalue weighted by molar-refractivity contribution is 5.95. The van der Waals surface area contributed by atoms with Gasteiger partial charge in [-0.3, -0.25) is 14.4 Å². The molecular formula is C27H32N2O8. The summed E-state index contributed by atoms with van der Waals surface area (Å²) in [4.78, 5) is 59.6. The third kappa shape index (κ3) is 10.9. The van der Waals surface area contributed by atoms with Crippen molar-refractivity contribution < 1.29 is 38.2 Å². The van der Waals surface area contributed by atoms with E-state index in [9.17, 15) is 24.0 Å². The fraction of sp³-hybridized carbons (Fsp3) is 0.370. The monoisotopic (exact) mass is 512 g/mol. The Balaban J connectivity index is 1.65. The predicted octanol–water partition coefficient (Wildman–Crippen LogP) is 3.97. The lowest BCUT2D eigenvalue weighted by molar-refractivity contribution is -0.147. The van der Waals surface area contributed by atoms with Crippen LogP contribution in [0.15, 0.2) is 48.5 Å². The standard InChI is InChI=1S/C27H32N2O8/c1-4-35-26(33)19-8-12-21(13-9-19)28-23(30)6-5-7-25(32)36-17-24(31)29-22-14-10-20(11-15-22)27(34)37-16-18(2)3/h8-15,18H,4-7,16-17H2,1-3H3,(H,28,30)(H,29,31). The van der Waals surface area contributed by atoms with Gasteiger partial charge in [0.25, 0.3) is 5.91 Å². The van der Waals surface area contributed by atoms with Crippen LogP contribution in [0, 0.1) is 5.92 Å². The second-order valence-corrected chi connectivity index (χ2v) is 8.48. The Kier molecular flexibility index (Phi) is 11.8. The number of nitrogens with one attached hydrogen (secondary N) is 2. The lowest BCUT2D eigenvalue weighted by atomic mass is 10.2. The van der Waals surface area contributed by atoms with Gasteiger partial charge in [-0.2, -0.15) is 0 Å². The zero-order chi connectivity index (χ0) is 27.2. The first-order chi connectivity index (χ1) is 17.7. The molecule has 0 heterocycles. The van der Waals surface area contributed by atoms with Gasteiger partial charge in [-0.1, -0.05) is 13.8 Å². The number of rotatable bonds is 13. The van der Waals surface area contributed by atoms with Crippen LogP contribution < -0.4 is 10.6 Å². The molecule has 0 saturated carbocycles. The average molecular weight is 513 g/mol. The molecule has 0 spiro atoms. The molecule has 0 aliphatic rings. The van der Waals surface area contributed by atoms with E-state index in [4.69, 9.17) is 14.2 Å². The van der Waals surface area contributed by atoms with Crippen LogP contribution in [0.5, 0.6) is 0 Å². The van der Waals surface area contributed by atoms with E-state index >= 15 is 0 Å². The van der Waals surface area contributed by atoms with Crippen molar-refractivity contribution in [2.45, 2.75) is 40.0 Å². The largest absolute Gasteiger partial charge is 0.462 e. The van der Waals surface area contributed by atoms with Gasteiger partial charge in [-0.25, -0.2) is 9.59 Å². The minimum absolute atomic E-state index is 0.0321. The number of benzene rings is 2. The van der Waals surface area contributed by atoms with Crippen LogP contribution in [0.1, 0.15) is 60.7 Å². The van der Waals surface area contributed by atoms with Crippen LogP contribution in [-0.2, 0) is 28.6 Å². The average Bonchev–Trinajstić information content (AvgIpc) is 2.87. The Hall–Kier alpha value is -4.21. The van der Waals surface area contributed by atoms with E-state index in [0.29, 0.717) is 29.1 Å². The Morgan fingerprint density at radius 3 is 1.73 bits per heavy atom. The third-order valence-corrected chi connectivity index (χ3v) is 4.78. The fourth-order valence-electron chi connectivity index (χ4n) is 2.95. The van der Waals surface area contributed by atoms with Crippen LogP contribution in [0.4, 0.5) is 11.4 Å². The second-order valence-electron chi connectivity index (χ2n) is 8.48. The predicted molar refractivity (Wildman–Crippen MR) is 136 cm³/mol. The van der Waals surface area contributed by atoms with Crippen LogP contribution in [0.25, 0.3) is 0 Å². The van der Waals surface area contributed by atoms with Gasteiger partial charge in [0, 0.05) is 24.2 Å². The van der Waals surface area contributed by atoms with Crippen LogP contribution >= 0.6 is 0 Å². The second kappa shape index (κ2) is 15.0. The van der Waals surface area contributed by atoms with Gasteiger partial charge < -0.3 is 24.8 Å². The van der Waals surface area contributed by atoms with E-state index in [2.05, 4.69) is 10.6 Å². The maximum atomic E-state index is 12.1. The van der Waals surface area contributed by atoms with Crippen molar-refractivity contribution in [2.24, 2.45) is 5.92 Å². The summed E-state index contributed by atoms with van der Waals surface area (Å²) in [6, 6.07) is 12.4. The summed E-state index contributed by atoms with van der Waals surface area (Å²) in [6.45, 7) is 5.71. The lowest BCUT2D eigenvalue weighted by Gasteiger charge is -2.09. The Morgan fingerprint density at radius 2 is 1.22 bits per heavy atom. The fourth-order valence-corrected chi connectivity index (χ4v) is 2.95. The van der Waals surface area contributed by atoms with E-state index in [-0.39, 0.29) is 37.7 Å². The van der Waals surface area contributed by atoms with E-state index in [1.54, 1.807) is 43.3 Å². The molecular weight excluding hydrogens is 480 g/mol. The topological polar surface area (TPSA) is 137 Å². The lowest BCUT2D eigenvalue weighted by Crippen LogP contribution is -2.21. The first-order valence-electron chi connectivity index (χ1n) is 12.0. The molecule has 0 bridgehead atoms. The van der Waals surface area contributed by atoms with Gasteiger partial charge >= 0.3 is 17.9 Å². The first-order valence-corrected chi connectivity index (χ1v) is 12.0. The molecule has 10 nitrogen and oxygen atoms in total. The normalized spacial score (nSPS) is 10.4. The molecule has 2 aromatic rings. The number of carbonyl (C=O) groups excluding carboxylic acids is 5. The minimum Gasteiger partial charge on any atom is -0.462 e. The van der Waals surface area contributed by atoms with Crippen LogP contribution in [-0.4, -0.2) is 49.5 Å². The summed E-state index contributed by atoms with van der Waals surface area (Å²) >= 11 is 0. The van der Waals surface area contributed by atoms with E-state index in [1.165, 1.54) is 12.1 Å². The highest BCUT2D eigenvalue weighted by Gasteiger charge is 2.12. The number of anilines is 2. The van der Waals surface area contributed by atoms with Gasteiger partial charge in [0.1, 0.15) is 0 Å². The van der Waals surface area contributed by atoms with Gasteiger partial charge in [-0.05, 0) is 67.8 Å². The highest BCUT2D eigenvalue weighted by atomic mass is 16.5. The molecule has 10 heteroatoms. The van der Waals surface area contributed by atoms with Crippen molar-refractivity contribution >= 4 is 41.1 Å². The third-order valence-electron chi connectivity index (χ3n) is 4.78. The van der Waals surface area contributed by atoms with Gasteiger partial charge in [0.15, 0.2) is 6.61 Å². The van der Waals surface area contributed by atoms with Crippen LogP contribution in [0.3, 0.4) is 0 Å². The number of ether oxygens (including phenoxy) is 3. The van der Waals surface area contributed by atoms with E-state index in [1.807, 2.05) is 13.8 Å². The zero-order valence-electron chi connectivity index (χ0n) is 21.2. The van der Waals surface area contributed by atoms with Crippen molar-refractivity contribution in [1.82, 2.24) is 0 Å². The quantitative estimate of drug-likeness (QED) is 0.304. The molecule has 2 rings (SSSR count). The number of amides is 2.